The molecule has 1 aromatic heterocycles. The molecule has 49 heavy (non-hydrogen) atoms. The minimum Gasteiger partial charge on any atom is -0.497 e. The van der Waals surface area contributed by atoms with Gasteiger partial charge in [0.25, 0.3) is 5.91 Å². The van der Waals surface area contributed by atoms with Crippen molar-refractivity contribution in [2.24, 2.45) is 29.6 Å². The van der Waals surface area contributed by atoms with Gasteiger partial charge in [-0.05, 0) is 84.3 Å². The van der Waals surface area contributed by atoms with Crippen molar-refractivity contribution in [1.29, 1.82) is 0 Å². The van der Waals surface area contributed by atoms with E-state index in [-0.39, 0.29) is 52.0 Å². The van der Waals surface area contributed by atoms with Crippen LogP contribution in [-0.4, -0.2) is 41.7 Å². The van der Waals surface area contributed by atoms with Crippen molar-refractivity contribution in [3.63, 3.8) is 0 Å². The second-order valence-electron chi connectivity index (χ2n) is 12.7. The van der Waals surface area contributed by atoms with Crippen LogP contribution in [0.2, 0.25) is 0 Å². The molecule has 4 aliphatic rings. The molecule has 3 heterocycles. The SMILES string of the molecule is COc1ccc(NC(=O)COc2cccc([C@@H]3c4sc(=O)[nH]c4S[C@@H]4[C@@H]5C[C@@H]([C@@H]6C(=O)N(c7cccc(C(F)(F)F)c7)C(=O)[C@@H]56)[C@H]34)c2)cc1. The van der Waals surface area contributed by atoms with Crippen molar-refractivity contribution in [2.75, 3.05) is 23.9 Å². The van der Waals surface area contributed by atoms with Crippen molar-refractivity contribution in [3.05, 3.63) is 98.5 Å². The normalized spacial score (nSPS) is 26.7. The lowest BCUT2D eigenvalue weighted by Gasteiger charge is -2.43. The summed E-state index contributed by atoms with van der Waals surface area (Å²) in [5, 5.41) is 3.40. The molecule has 2 saturated carbocycles. The topological polar surface area (TPSA) is 118 Å². The van der Waals surface area contributed by atoms with Crippen molar-refractivity contribution < 1.29 is 37.0 Å². The number of benzene rings is 3. The number of thiazole rings is 1. The lowest BCUT2D eigenvalue weighted by atomic mass is 9.68. The lowest BCUT2D eigenvalue weighted by Crippen LogP contribution is -2.42. The molecule has 4 aromatic rings. The monoisotopic (exact) mass is 707 g/mol. The number of hydrogen-bond acceptors (Lipinski definition) is 8. The highest BCUT2D eigenvalue weighted by atomic mass is 32.2. The summed E-state index contributed by atoms with van der Waals surface area (Å²) in [5.41, 5.74) is 0.430. The summed E-state index contributed by atoms with van der Waals surface area (Å²) in [7, 11) is 1.56. The average molecular weight is 708 g/mol. The Labute approximate surface area is 285 Å². The fraction of sp³-hybridized carbons (Fsp3) is 0.314. The highest BCUT2D eigenvalue weighted by Crippen LogP contribution is 2.68. The van der Waals surface area contributed by atoms with E-state index in [0.717, 1.165) is 43.8 Å². The number of H-pyrrole nitrogens is 1. The fourth-order valence-electron chi connectivity index (χ4n) is 8.28. The smallest absolute Gasteiger partial charge is 0.416 e. The molecule has 3 fully saturated rings. The van der Waals surface area contributed by atoms with Crippen LogP contribution in [0.5, 0.6) is 11.5 Å². The summed E-state index contributed by atoms with van der Waals surface area (Å²) in [5.74, 6) is -2.36. The van der Waals surface area contributed by atoms with Gasteiger partial charge in [-0.25, -0.2) is 0 Å². The first-order valence-electron chi connectivity index (χ1n) is 15.6. The maximum atomic E-state index is 14.0. The number of hydrogen-bond donors (Lipinski definition) is 2. The van der Waals surface area contributed by atoms with Gasteiger partial charge in [-0.2, -0.15) is 13.2 Å². The standard InChI is InChI=1S/C35H28F3N3O6S2/c1-46-20-10-8-18(9-11-20)39-24(42)15-47-21-7-2-4-16(12-21)25-26-22-14-23(29(26)48-31-30(25)49-34(45)40-31)28-27(22)32(43)41(33(28)44)19-6-3-5-17(13-19)35(36,37)38/h2-13,22-23,25-29H,14-15H2,1H3,(H,39,42)(H,40,45)/t22-,23-,25+,26-,27+,28+,29-/m1/s1. The average Bonchev–Trinajstić information content (AvgIpc) is 3.82. The zero-order valence-electron chi connectivity index (χ0n) is 25.7. The van der Waals surface area contributed by atoms with E-state index in [0.29, 0.717) is 23.6 Å². The number of amides is 3. The second-order valence-corrected chi connectivity index (χ2v) is 14.9. The molecule has 0 radical (unpaired) electrons. The molecule has 2 aliphatic heterocycles. The van der Waals surface area contributed by atoms with Crippen molar-refractivity contribution in [3.8, 4) is 11.5 Å². The van der Waals surface area contributed by atoms with Gasteiger partial charge in [-0.3, -0.25) is 24.1 Å². The number of alkyl halides is 3. The number of thioether (sulfide) groups is 1. The lowest BCUT2D eigenvalue weighted by molar-refractivity contribution is -0.137. The molecule has 14 heteroatoms. The Hall–Kier alpha value is -4.56. The highest BCUT2D eigenvalue weighted by molar-refractivity contribution is 8.00. The van der Waals surface area contributed by atoms with E-state index in [9.17, 15) is 32.3 Å². The van der Waals surface area contributed by atoms with Crippen LogP contribution >= 0.6 is 23.1 Å². The number of aromatic nitrogens is 1. The number of ether oxygens (including phenoxy) is 2. The van der Waals surface area contributed by atoms with Crippen LogP contribution in [0.3, 0.4) is 0 Å². The van der Waals surface area contributed by atoms with Crippen LogP contribution in [-0.2, 0) is 20.6 Å². The van der Waals surface area contributed by atoms with Crippen molar-refractivity contribution >= 4 is 52.2 Å². The van der Waals surface area contributed by atoms with E-state index in [2.05, 4.69) is 10.3 Å². The predicted octanol–water partition coefficient (Wildman–Crippen LogP) is 6.16. The first-order chi connectivity index (χ1) is 23.5. The highest BCUT2D eigenvalue weighted by Gasteiger charge is 2.69. The third kappa shape index (κ3) is 5.32. The van der Waals surface area contributed by atoms with Crippen LogP contribution in [0.1, 0.15) is 28.3 Å². The van der Waals surface area contributed by atoms with E-state index >= 15 is 0 Å². The van der Waals surface area contributed by atoms with Gasteiger partial charge in [0, 0.05) is 21.7 Å². The van der Waals surface area contributed by atoms with E-state index in [4.69, 9.17) is 9.47 Å². The first kappa shape index (κ1) is 31.7. The Morgan fingerprint density at radius 3 is 2.43 bits per heavy atom. The second kappa shape index (κ2) is 11.8. The number of nitrogens with one attached hydrogen (secondary N) is 2. The van der Waals surface area contributed by atoms with Gasteiger partial charge in [0.15, 0.2) is 6.61 Å². The first-order valence-corrected chi connectivity index (χ1v) is 17.3. The van der Waals surface area contributed by atoms with E-state index in [1.54, 1.807) is 37.4 Å². The van der Waals surface area contributed by atoms with Crippen LogP contribution < -0.4 is 24.6 Å². The molecule has 252 valence electrons. The molecule has 0 spiro atoms. The molecular weight excluding hydrogens is 680 g/mol. The number of methoxy groups -OCH3 is 1. The van der Waals surface area contributed by atoms with Gasteiger partial charge in [0.2, 0.25) is 11.8 Å². The maximum absolute atomic E-state index is 14.0. The number of carbonyl (C=O) groups excluding carboxylic acids is 3. The van der Waals surface area contributed by atoms with Gasteiger partial charge < -0.3 is 19.8 Å². The van der Waals surface area contributed by atoms with E-state index in [1.807, 2.05) is 18.2 Å². The number of fused-ring (bicyclic) bond motifs is 9. The van der Waals surface area contributed by atoms with Crippen LogP contribution in [0, 0.1) is 29.6 Å². The minimum absolute atomic E-state index is 0.0740. The van der Waals surface area contributed by atoms with E-state index < -0.39 is 35.4 Å². The zero-order chi connectivity index (χ0) is 34.2. The number of imide groups is 1. The molecule has 3 amide bonds. The molecule has 2 N–H and O–H groups in total. The molecule has 2 aliphatic carbocycles. The Balaban J connectivity index is 1.07. The third-order valence-corrected chi connectivity index (χ3v) is 12.7. The summed E-state index contributed by atoms with van der Waals surface area (Å²) in [6.45, 7) is -0.249. The molecule has 2 bridgehead atoms. The maximum Gasteiger partial charge on any atom is 0.416 e. The van der Waals surface area contributed by atoms with Gasteiger partial charge in [0.1, 0.15) is 11.5 Å². The summed E-state index contributed by atoms with van der Waals surface area (Å²) >= 11 is 2.63. The van der Waals surface area contributed by atoms with Crippen molar-refractivity contribution in [2.45, 2.75) is 28.8 Å². The third-order valence-electron chi connectivity index (χ3n) is 10.1. The summed E-state index contributed by atoms with van der Waals surface area (Å²) in [6, 6.07) is 18.6. The number of aromatic amines is 1. The number of anilines is 2. The number of rotatable bonds is 7. The molecule has 9 nitrogen and oxygen atoms in total. The Kier molecular flexibility index (Phi) is 7.63. The molecular formula is C35H28F3N3O6S2. The number of carbonyl (C=O) groups is 3. The summed E-state index contributed by atoms with van der Waals surface area (Å²) in [4.78, 5) is 57.7. The minimum atomic E-state index is -4.62. The fourth-order valence-corrected chi connectivity index (χ4v) is 11.2. The van der Waals surface area contributed by atoms with E-state index in [1.165, 1.54) is 23.9 Å². The molecule has 0 unspecified atom stereocenters. The molecule has 1 saturated heterocycles. The van der Waals surface area contributed by atoms with Gasteiger partial charge in [-0.15, -0.1) is 11.8 Å². The quantitative estimate of drug-likeness (QED) is 0.221. The molecule has 8 rings (SSSR count). The van der Waals surface area contributed by atoms with Crippen LogP contribution in [0.4, 0.5) is 24.5 Å². The van der Waals surface area contributed by atoms with Gasteiger partial charge >= 0.3 is 11.0 Å². The predicted molar refractivity (Wildman–Crippen MR) is 176 cm³/mol. The van der Waals surface area contributed by atoms with Gasteiger partial charge in [-0.1, -0.05) is 29.5 Å². The number of nitrogens with zero attached hydrogens (tertiary/aromatic N) is 1. The molecule has 3 aromatic carbocycles. The Bertz CT molecular complexity index is 2050. The number of halogens is 3. The largest absolute Gasteiger partial charge is 0.497 e. The Morgan fingerprint density at radius 2 is 1.69 bits per heavy atom. The van der Waals surface area contributed by atoms with Crippen LogP contribution in [0.25, 0.3) is 0 Å². The zero-order valence-corrected chi connectivity index (χ0v) is 27.4. The molecule has 7 atom stereocenters. The van der Waals surface area contributed by atoms with Crippen molar-refractivity contribution in [1.82, 2.24) is 4.98 Å². The van der Waals surface area contributed by atoms with Gasteiger partial charge in [0.05, 0.1) is 35.2 Å². The summed E-state index contributed by atoms with van der Waals surface area (Å²) in [6.07, 6.45) is -3.99. The Morgan fingerprint density at radius 1 is 0.959 bits per heavy atom. The van der Waals surface area contributed by atoms with Crippen LogP contribution in [0.15, 0.2) is 82.6 Å². The summed E-state index contributed by atoms with van der Waals surface area (Å²) < 4.78 is 51.6.